The Labute approximate surface area is 159 Å². The first kappa shape index (κ1) is 19.4. The van der Waals surface area contributed by atoms with E-state index in [0.717, 1.165) is 11.3 Å². The second-order valence-electron chi connectivity index (χ2n) is 8.13. The summed E-state index contributed by atoms with van der Waals surface area (Å²) in [6.07, 6.45) is 0. The highest BCUT2D eigenvalue weighted by atomic mass is 19.1. The SMILES string of the molecule is CCN(c1ccc(C(=O)O)c(F)c1)c1ccc2c(c1)C(C)(C)COC2(C)C. The van der Waals surface area contributed by atoms with E-state index in [9.17, 15) is 9.18 Å². The molecule has 0 atom stereocenters. The predicted octanol–water partition coefficient (Wildman–Crippen LogP) is 5.22. The third-order valence-corrected chi connectivity index (χ3v) is 5.30. The normalized spacial score (nSPS) is 17.3. The molecule has 0 fully saturated rings. The quantitative estimate of drug-likeness (QED) is 0.800. The van der Waals surface area contributed by atoms with E-state index in [1.165, 1.54) is 17.7 Å². The number of anilines is 2. The summed E-state index contributed by atoms with van der Waals surface area (Å²) >= 11 is 0. The minimum absolute atomic E-state index is 0.126. The van der Waals surface area contributed by atoms with Gasteiger partial charge in [0.05, 0.1) is 17.8 Å². The predicted molar refractivity (Wildman–Crippen MR) is 104 cm³/mol. The molecule has 3 rings (SSSR count). The van der Waals surface area contributed by atoms with Crippen LogP contribution in [0.25, 0.3) is 0 Å². The zero-order chi connectivity index (χ0) is 20.0. The molecule has 0 saturated heterocycles. The zero-order valence-electron chi connectivity index (χ0n) is 16.5. The van der Waals surface area contributed by atoms with Crippen LogP contribution in [0.4, 0.5) is 15.8 Å². The molecule has 2 aromatic rings. The number of hydrogen-bond donors (Lipinski definition) is 1. The smallest absolute Gasteiger partial charge is 0.338 e. The van der Waals surface area contributed by atoms with Gasteiger partial charge in [0.15, 0.2) is 0 Å². The maximum Gasteiger partial charge on any atom is 0.338 e. The topological polar surface area (TPSA) is 49.8 Å². The highest BCUT2D eigenvalue weighted by Gasteiger charge is 2.38. The monoisotopic (exact) mass is 371 g/mol. The Kier molecular flexibility index (Phi) is 4.76. The molecule has 1 aliphatic heterocycles. The number of carbonyl (C=O) groups is 1. The Bertz CT molecular complexity index is 889. The van der Waals surface area contributed by atoms with Crippen molar-refractivity contribution in [2.24, 2.45) is 0 Å². The second-order valence-corrected chi connectivity index (χ2v) is 8.13. The lowest BCUT2D eigenvalue weighted by atomic mass is 9.75. The number of halogens is 1. The Morgan fingerprint density at radius 3 is 2.33 bits per heavy atom. The molecule has 27 heavy (non-hydrogen) atoms. The van der Waals surface area contributed by atoms with E-state index < -0.39 is 11.8 Å². The van der Waals surface area contributed by atoms with Gasteiger partial charge in [-0.05, 0) is 62.2 Å². The van der Waals surface area contributed by atoms with Gasteiger partial charge in [0.2, 0.25) is 0 Å². The molecule has 5 heteroatoms. The van der Waals surface area contributed by atoms with Gasteiger partial charge in [0, 0.05) is 23.3 Å². The van der Waals surface area contributed by atoms with Crippen LogP contribution in [0.15, 0.2) is 36.4 Å². The van der Waals surface area contributed by atoms with E-state index in [1.54, 1.807) is 6.07 Å². The summed E-state index contributed by atoms with van der Waals surface area (Å²) in [7, 11) is 0. The molecular weight excluding hydrogens is 345 g/mol. The molecule has 0 aliphatic carbocycles. The summed E-state index contributed by atoms with van der Waals surface area (Å²) in [5.41, 5.74) is 3.16. The molecule has 0 bridgehead atoms. The number of aromatic carboxylic acids is 1. The van der Waals surface area contributed by atoms with Crippen molar-refractivity contribution in [3.05, 3.63) is 58.9 Å². The largest absolute Gasteiger partial charge is 0.478 e. The molecule has 2 aromatic carbocycles. The van der Waals surface area contributed by atoms with Crippen molar-refractivity contribution in [3.63, 3.8) is 0 Å². The van der Waals surface area contributed by atoms with Crippen molar-refractivity contribution in [2.45, 2.75) is 45.6 Å². The van der Waals surface area contributed by atoms with E-state index in [1.807, 2.05) is 17.9 Å². The van der Waals surface area contributed by atoms with Gasteiger partial charge in [-0.25, -0.2) is 9.18 Å². The molecule has 0 aromatic heterocycles. The van der Waals surface area contributed by atoms with Crippen LogP contribution in [0.5, 0.6) is 0 Å². The summed E-state index contributed by atoms with van der Waals surface area (Å²) < 4.78 is 20.2. The first-order valence-electron chi connectivity index (χ1n) is 9.16. The third kappa shape index (κ3) is 3.44. The van der Waals surface area contributed by atoms with Crippen molar-refractivity contribution in [2.75, 3.05) is 18.1 Å². The Balaban J connectivity index is 2.07. The van der Waals surface area contributed by atoms with Crippen LogP contribution in [0, 0.1) is 5.82 Å². The van der Waals surface area contributed by atoms with Crippen LogP contribution in [0.1, 0.15) is 56.1 Å². The van der Waals surface area contributed by atoms with E-state index >= 15 is 0 Å². The van der Waals surface area contributed by atoms with E-state index in [0.29, 0.717) is 18.8 Å². The summed E-state index contributed by atoms with van der Waals surface area (Å²) in [5.74, 6) is -1.99. The molecule has 144 valence electrons. The van der Waals surface area contributed by atoms with Crippen LogP contribution in [0.2, 0.25) is 0 Å². The van der Waals surface area contributed by atoms with Gasteiger partial charge in [-0.1, -0.05) is 19.9 Å². The Morgan fingerprint density at radius 1 is 1.11 bits per heavy atom. The highest BCUT2D eigenvalue weighted by Crippen LogP contribution is 2.43. The van der Waals surface area contributed by atoms with Crippen LogP contribution in [0.3, 0.4) is 0 Å². The van der Waals surface area contributed by atoms with Crippen LogP contribution >= 0.6 is 0 Å². The summed E-state index contributed by atoms with van der Waals surface area (Å²) in [4.78, 5) is 13.0. The van der Waals surface area contributed by atoms with Gasteiger partial charge in [0.25, 0.3) is 0 Å². The fourth-order valence-corrected chi connectivity index (χ4v) is 3.66. The standard InChI is InChI=1S/C22H26FNO3/c1-6-24(15-7-9-16(20(25)26)19(23)12-15)14-8-10-17-18(11-14)21(2,3)13-27-22(17,4)5/h7-12H,6,13H2,1-5H3,(H,25,26). The number of fused-ring (bicyclic) bond motifs is 1. The van der Waals surface area contributed by atoms with Crippen molar-refractivity contribution < 1.29 is 19.0 Å². The second kappa shape index (κ2) is 6.64. The molecule has 1 N–H and O–H groups in total. The maximum absolute atomic E-state index is 14.2. The van der Waals surface area contributed by atoms with Crippen LogP contribution in [-0.4, -0.2) is 24.2 Å². The molecule has 0 unspecified atom stereocenters. The van der Waals surface area contributed by atoms with Crippen molar-refractivity contribution >= 4 is 17.3 Å². The molecule has 4 nitrogen and oxygen atoms in total. The minimum Gasteiger partial charge on any atom is -0.478 e. The molecule has 0 saturated carbocycles. The molecule has 1 aliphatic rings. The molecule has 0 radical (unpaired) electrons. The lowest BCUT2D eigenvalue weighted by Gasteiger charge is -2.42. The number of ether oxygens (including phenoxy) is 1. The molecule has 1 heterocycles. The number of rotatable bonds is 4. The van der Waals surface area contributed by atoms with Gasteiger partial charge < -0.3 is 14.7 Å². The van der Waals surface area contributed by atoms with Gasteiger partial charge >= 0.3 is 5.97 Å². The van der Waals surface area contributed by atoms with Crippen molar-refractivity contribution in [3.8, 4) is 0 Å². The summed E-state index contributed by atoms with van der Waals surface area (Å²) in [6, 6.07) is 10.5. The van der Waals surface area contributed by atoms with Gasteiger partial charge in [0.1, 0.15) is 5.82 Å². The van der Waals surface area contributed by atoms with Crippen LogP contribution in [-0.2, 0) is 15.8 Å². The molecule has 0 amide bonds. The number of carboxylic acid groups (broad SMARTS) is 1. The summed E-state index contributed by atoms with van der Waals surface area (Å²) in [6.45, 7) is 11.7. The highest BCUT2D eigenvalue weighted by molar-refractivity contribution is 5.88. The average Bonchev–Trinajstić information content (AvgIpc) is 2.59. The average molecular weight is 371 g/mol. The summed E-state index contributed by atoms with van der Waals surface area (Å²) in [5, 5.41) is 9.04. The Hall–Kier alpha value is -2.40. The Morgan fingerprint density at radius 2 is 1.74 bits per heavy atom. The lowest BCUT2D eigenvalue weighted by molar-refractivity contribution is -0.0587. The number of hydrogen-bond acceptors (Lipinski definition) is 3. The first-order valence-corrected chi connectivity index (χ1v) is 9.16. The number of benzene rings is 2. The van der Waals surface area contributed by atoms with Gasteiger partial charge in [-0.15, -0.1) is 0 Å². The van der Waals surface area contributed by atoms with Gasteiger partial charge in [-0.2, -0.15) is 0 Å². The fourth-order valence-electron chi connectivity index (χ4n) is 3.66. The van der Waals surface area contributed by atoms with E-state index in [-0.39, 0.29) is 16.6 Å². The molecular formula is C22H26FNO3. The van der Waals surface area contributed by atoms with E-state index in [2.05, 4.69) is 39.8 Å². The number of nitrogens with zero attached hydrogens (tertiary/aromatic N) is 1. The van der Waals surface area contributed by atoms with Crippen molar-refractivity contribution in [1.82, 2.24) is 0 Å². The van der Waals surface area contributed by atoms with E-state index in [4.69, 9.17) is 9.84 Å². The third-order valence-electron chi connectivity index (χ3n) is 5.30. The molecule has 0 spiro atoms. The number of carboxylic acids is 1. The lowest BCUT2D eigenvalue weighted by Crippen LogP contribution is -2.40. The first-order chi connectivity index (χ1) is 12.6. The fraction of sp³-hybridized carbons (Fsp3) is 0.409. The van der Waals surface area contributed by atoms with Crippen LogP contribution < -0.4 is 4.90 Å². The zero-order valence-corrected chi connectivity index (χ0v) is 16.5. The van der Waals surface area contributed by atoms with Gasteiger partial charge in [-0.3, -0.25) is 0 Å². The van der Waals surface area contributed by atoms with Crippen molar-refractivity contribution in [1.29, 1.82) is 0 Å². The maximum atomic E-state index is 14.2. The minimum atomic E-state index is -1.26.